The van der Waals surface area contributed by atoms with E-state index in [0.717, 1.165) is 21.5 Å². The smallest absolute Gasteiger partial charge is 0.359 e. The molecular formula is C21H30N2O3SSi. The van der Waals surface area contributed by atoms with Crippen LogP contribution < -0.4 is 0 Å². The van der Waals surface area contributed by atoms with Crippen molar-refractivity contribution in [2.45, 2.75) is 55.7 Å². The van der Waals surface area contributed by atoms with E-state index in [2.05, 4.69) is 31.3 Å². The van der Waals surface area contributed by atoms with Crippen molar-refractivity contribution in [3.05, 3.63) is 54.2 Å². The number of aromatic nitrogens is 2. The second-order valence-electron chi connectivity index (χ2n) is 7.61. The molecule has 5 nitrogen and oxygen atoms in total. The maximum Gasteiger partial charge on any atom is 0.359 e. The topological polar surface area (TPSA) is 53.3 Å². The van der Waals surface area contributed by atoms with Gasteiger partial charge in [0, 0.05) is 25.1 Å². The highest BCUT2D eigenvalue weighted by Gasteiger charge is 2.24. The molecule has 2 rings (SSSR count). The van der Waals surface area contributed by atoms with Gasteiger partial charge >= 0.3 is 5.97 Å². The Hall–Kier alpha value is -1.83. The Balaban J connectivity index is 2.32. The van der Waals surface area contributed by atoms with Crippen molar-refractivity contribution in [3.63, 3.8) is 0 Å². The van der Waals surface area contributed by atoms with Gasteiger partial charge in [0.1, 0.15) is 11.8 Å². The summed E-state index contributed by atoms with van der Waals surface area (Å²) in [6.45, 7) is 13.9. The molecule has 0 atom stereocenters. The van der Waals surface area contributed by atoms with Gasteiger partial charge in [-0.2, -0.15) is 5.10 Å². The molecule has 28 heavy (non-hydrogen) atoms. The highest BCUT2D eigenvalue weighted by molar-refractivity contribution is 7.99. The van der Waals surface area contributed by atoms with Crippen LogP contribution in [0.15, 0.2) is 52.9 Å². The van der Waals surface area contributed by atoms with Crippen molar-refractivity contribution in [2.24, 2.45) is 0 Å². The van der Waals surface area contributed by atoms with Gasteiger partial charge in [-0.3, -0.25) is 0 Å². The van der Waals surface area contributed by atoms with Crippen molar-refractivity contribution >= 4 is 25.8 Å². The second kappa shape index (κ2) is 10.6. The number of hydrogen-bond donors (Lipinski definition) is 0. The molecular weight excluding hydrogens is 388 g/mol. The minimum absolute atomic E-state index is 0.309. The van der Waals surface area contributed by atoms with Crippen LogP contribution >= 0.6 is 11.8 Å². The van der Waals surface area contributed by atoms with E-state index in [4.69, 9.17) is 9.47 Å². The van der Waals surface area contributed by atoms with E-state index in [0.29, 0.717) is 32.1 Å². The molecule has 0 unspecified atom stereocenters. The van der Waals surface area contributed by atoms with Gasteiger partial charge in [0.15, 0.2) is 5.69 Å². The average molecular weight is 419 g/mol. The van der Waals surface area contributed by atoms with Crippen molar-refractivity contribution in [2.75, 3.05) is 13.2 Å². The number of rotatable bonds is 11. The average Bonchev–Trinajstić information content (AvgIpc) is 2.97. The summed E-state index contributed by atoms with van der Waals surface area (Å²) >= 11 is 1.57. The molecule has 0 radical (unpaired) electrons. The van der Waals surface area contributed by atoms with Gasteiger partial charge in [-0.25, -0.2) is 9.48 Å². The van der Waals surface area contributed by atoms with E-state index < -0.39 is 14.0 Å². The Morgan fingerprint density at radius 1 is 1.29 bits per heavy atom. The summed E-state index contributed by atoms with van der Waals surface area (Å²) in [6, 6.07) is 11.1. The summed E-state index contributed by atoms with van der Waals surface area (Å²) in [6.07, 6.45) is 2.32. The number of carbonyl (C=O) groups excluding carboxylic acids is 1. The summed E-state index contributed by atoms with van der Waals surface area (Å²) < 4.78 is 12.9. The molecule has 1 aromatic carbocycles. The quantitative estimate of drug-likeness (QED) is 0.216. The molecule has 152 valence electrons. The third-order valence-electron chi connectivity index (χ3n) is 3.98. The highest BCUT2D eigenvalue weighted by atomic mass is 32.2. The van der Waals surface area contributed by atoms with Crippen molar-refractivity contribution in [1.82, 2.24) is 9.78 Å². The van der Waals surface area contributed by atoms with Crippen LogP contribution in [0.1, 0.15) is 23.0 Å². The molecule has 0 amide bonds. The number of esters is 1. The first kappa shape index (κ1) is 22.5. The van der Waals surface area contributed by atoms with E-state index in [-0.39, 0.29) is 0 Å². The van der Waals surface area contributed by atoms with Gasteiger partial charge in [-0.1, -0.05) is 55.7 Å². The Labute approximate surface area is 173 Å². The van der Waals surface area contributed by atoms with Gasteiger partial charge in [0.2, 0.25) is 0 Å². The maximum absolute atomic E-state index is 12.4. The fourth-order valence-electron chi connectivity index (χ4n) is 2.51. The Morgan fingerprint density at radius 3 is 2.61 bits per heavy atom. The number of allylic oxidation sites excluding steroid dienone is 1. The first-order valence-electron chi connectivity index (χ1n) is 9.54. The fourth-order valence-corrected chi connectivity index (χ4v) is 4.28. The molecule has 0 saturated heterocycles. The van der Waals surface area contributed by atoms with Crippen LogP contribution in [0.3, 0.4) is 0 Å². The molecule has 1 heterocycles. The van der Waals surface area contributed by atoms with Crippen LogP contribution in [0.4, 0.5) is 0 Å². The van der Waals surface area contributed by atoms with Gasteiger partial charge in [0.05, 0.1) is 6.61 Å². The van der Waals surface area contributed by atoms with Crippen molar-refractivity contribution < 1.29 is 14.3 Å². The number of benzene rings is 1. The first-order chi connectivity index (χ1) is 13.4. The summed E-state index contributed by atoms with van der Waals surface area (Å²) in [5, 5.41) is 5.43. The molecule has 0 aliphatic carbocycles. The third-order valence-corrected chi connectivity index (χ3v) is 6.85. The monoisotopic (exact) mass is 418 g/mol. The lowest BCUT2D eigenvalue weighted by Gasteiger charge is -2.16. The maximum atomic E-state index is 12.4. The van der Waals surface area contributed by atoms with E-state index in [1.165, 1.54) is 0 Å². The zero-order valence-electron chi connectivity index (χ0n) is 17.2. The zero-order valence-corrected chi connectivity index (χ0v) is 19.1. The zero-order chi connectivity index (χ0) is 20.6. The van der Waals surface area contributed by atoms with Gasteiger partial charge in [0.25, 0.3) is 0 Å². The lowest BCUT2D eigenvalue weighted by molar-refractivity contribution is 0.0508. The summed E-state index contributed by atoms with van der Waals surface area (Å²) in [5.74, 6) is -0.407. The number of nitrogens with zero attached hydrogens (tertiary/aromatic N) is 2. The molecule has 2 aromatic rings. The van der Waals surface area contributed by atoms with E-state index in [1.807, 2.05) is 30.3 Å². The van der Waals surface area contributed by atoms with Crippen LogP contribution in [0.25, 0.3) is 0 Å². The second-order valence-corrected chi connectivity index (χ2v) is 14.3. The fraction of sp³-hybridized carbons (Fsp3) is 0.429. The molecule has 0 saturated carbocycles. The van der Waals surface area contributed by atoms with Gasteiger partial charge in [-0.15, -0.1) is 6.58 Å². The molecule has 0 spiro atoms. The number of carbonyl (C=O) groups is 1. The predicted octanol–water partition coefficient (Wildman–Crippen LogP) is 5.25. The predicted molar refractivity (Wildman–Crippen MR) is 117 cm³/mol. The minimum atomic E-state index is -1.16. The Bertz CT molecular complexity index is 785. The first-order valence-corrected chi connectivity index (χ1v) is 14.1. The van der Waals surface area contributed by atoms with Crippen molar-refractivity contribution in [3.8, 4) is 0 Å². The molecule has 0 fully saturated rings. The number of ether oxygens (including phenoxy) is 2. The van der Waals surface area contributed by atoms with Crippen LogP contribution in [0.2, 0.25) is 25.7 Å². The Kier molecular flexibility index (Phi) is 8.53. The van der Waals surface area contributed by atoms with Gasteiger partial charge < -0.3 is 9.47 Å². The lowest BCUT2D eigenvalue weighted by atomic mass is 10.2. The molecule has 0 bridgehead atoms. The summed E-state index contributed by atoms with van der Waals surface area (Å²) in [5.41, 5.74) is 1.17. The number of hydrogen-bond acceptors (Lipinski definition) is 5. The minimum Gasteiger partial charge on any atom is -0.461 e. The molecule has 0 aliphatic heterocycles. The normalized spacial score (nSPS) is 11.4. The van der Waals surface area contributed by atoms with Gasteiger partial charge in [-0.05, 0) is 31.5 Å². The van der Waals surface area contributed by atoms with Crippen LogP contribution in [0, 0.1) is 0 Å². The molecule has 0 N–H and O–H groups in total. The SMILES string of the molecule is C=CCc1c(C(=O)OCC)nn(COCC[Si](C)(C)C)c1Sc1ccccc1. The third kappa shape index (κ3) is 6.65. The van der Waals surface area contributed by atoms with Crippen LogP contribution in [-0.2, 0) is 22.6 Å². The van der Waals surface area contributed by atoms with E-state index in [1.54, 1.807) is 29.4 Å². The molecule has 7 heteroatoms. The largest absolute Gasteiger partial charge is 0.461 e. The van der Waals surface area contributed by atoms with Crippen molar-refractivity contribution in [1.29, 1.82) is 0 Å². The standard InChI is InChI=1S/C21H30N2O3SSi/c1-6-11-18-19(21(24)26-7-2)22-23(16-25-14-15-28(3,4)5)20(18)27-17-12-9-8-10-13-17/h6,8-10,12-13H,1,7,11,14-16H2,2-5H3. The van der Waals surface area contributed by atoms with Crippen LogP contribution in [-0.4, -0.2) is 37.0 Å². The summed E-state index contributed by atoms with van der Waals surface area (Å²) in [4.78, 5) is 13.5. The summed E-state index contributed by atoms with van der Waals surface area (Å²) in [7, 11) is -1.16. The lowest BCUT2D eigenvalue weighted by Crippen LogP contribution is -2.22. The molecule has 0 aliphatic rings. The van der Waals surface area contributed by atoms with E-state index in [9.17, 15) is 4.79 Å². The van der Waals surface area contributed by atoms with E-state index >= 15 is 0 Å². The van der Waals surface area contributed by atoms with Crippen LogP contribution in [0.5, 0.6) is 0 Å². The molecule has 1 aromatic heterocycles. The highest BCUT2D eigenvalue weighted by Crippen LogP contribution is 2.33. The Morgan fingerprint density at radius 2 is 2.00 bits per heavy atom.